The fourth-order valence-corrected chi connectivity index (χ4v) is 3.01. The van der Waals surface area contributed by atoms with E-state index in [-0.39, 0.29) is 22.7 Å². The number of esters is 1. The molecule has 0 bridgehead atoms. The lowest BCUT2D eigenvalue weighted by atomic mass is 10.1. The first-order valence-electron chi connectivity index (χ1n) is 10.7. The van der Waals surface area contributed by atoms with Crippen molar-refractivity contribution in [3.05, 3.63) is 94.0 Å². The Kier molecular flexibility index (Phi) is 8.44. The Labute approximate surface area is 205 Å². The van der Waals surface area contributed by atoms with E-state index in [1.165, 1.54) is 30.3 Å². The molecule has 0 spiro atoms. The second kappa shape index (κ2) is 11.9. The van der Waals surface area contributed by atoms with Crippen LogP contribution >= 0.6 is 0 Å². The summed E-state index contributed by atoms with van der Waals surface area (Å²) in [7, 11) is 0. The van der Waals surface area contributed by atoms with E-state index in [1.807, 2.05) is 0 Å². The van der Waals surface area contributed by atoms with Gasteiger partial charge in [0.05, 0.1) is 28.5 Å². The van der Waals surface area contributed by atoms with E-state index in [0.717, 1.165) is 0 Å². The number of hydrogen-bond donors (Lipinski definition) is 2. The molecule has 0 aliphatic heterocycles. The van der Waals surface area contributed by atoms with Gasteiger partial charge in [0.25, 0.3) is 5.69 Å². The minimum atomic E-state index is -1.01. The van der Waals surface area contributed by atoms with Gasteiger partial charge in [0.2, 0.25) is 0 Å². The second-order valence-electron chi connectivity index (χ2n) is 7.21. The van der Waals surface area contributed by atoms with E-state index in [4.69, 9.17) is 9.47 Å². The van der Waals surface area contributed by atoms with Gasteiger partial charge in [-0.15, -0.1) is 0 Å². The first-order valence-corrected chi connectivity index (χ1v) is 10.7. The van der Waals surface area contributed by atoms with Crippen molar-refractivity contribution in [2.45, 2.75) is 13.8 Å². The zero-order valence-electron chi connectivity index (χ0n) is 19.4. The molecular formula is C25H22N4O7. The Morgan fingerprint density at radius 2 is 1.56 bits per heavy atom. The number of carbonyl (C=O) groups excluding carboxylic acids is 3. The maximum absolute atomic E-state index is 12.5. The highest BCUT2D eigenvalue weighted by molar-refractivity contribution is 6.39. The van der Waals surface area contributed by atoms with Gasteiger partial charge in [-0.05, 0) is 50.2 Å². The first kappa shape index (κ1) is 25.6. The van der Waals surface area contributed by atoms with E-state index in [9.17, 15) is 24.5 Å². The van der Waals surface area contributed by atoms with Crippen LogP contribution in [0.15, 0.2) is 77.9 Å². The molecule has 2 N–H and O–H groups in total. The third kappa shape index (κ3) is 6.50. The smallest absolute Gasteiger partial charge is 0.343 e. The SMILES string of the molecule is CCOc1ccccc1NC(=O)C(=O)N/N=C(\C)c1ccccc1OC(=O)c1ccc([N+](=O)[O-])cc1. The van der Waals surface area contributed by atoms with Crippen molar-refractivity contribution in [3.8, 4) is 11.5 Å². The number of carbonyl (C=O) groups is 3. The molecule has 0 aromatic heterocycles. The van der Waals surface area contributed by atoms with Crippen molar-refractivity contribution < 1.29 is 28.8 Å². The van der Waals surface area contributed by atoms with Gasteiger partial charge in [0.15, 0.2) is 0 Å². The Morgan fingerprint density at radius 3 is 2.22 bits per heavy atom. The van der Waals surface area contributed by atoms with Crippen LogP contribution in [0.25, 0.3) is 0 Å². The van der Waals surface area contributed by atoms with Gasteiger partial charge < -0.3 is 14.8 Å². The molecule has 11 heteroatoms. The Balaban J connectivity index is 1.68. The van der Waals surface area contributed by atoms with Gasteiger partial charge in [0.1, 0.15) is 11.5 Å². The molecule has 3 rings (SSSR count). The van der Waals surface area contributed by atoms with Crippen molar-refractivity contribution in [2.75, 3.05) is 11.9 Å². The number of ether oxygens (including phenoxy) is 2. The molecule has 0 atom stereocenters. The number of benzene rings is 3. The summed E-state index contributed by atoms with van der Waals surface area (Å²) in [6.45, 7) is 3.74. The third-order valence-electron chi connectivity index (χ3n) is 4.76. The summed E-state index contributed by atoms with van der Waals surface area (Å²) in [5.74, 6) is -2.13. The molecule has 0 aliphatic carbocycles. The summed E-state index contributed by atoms with van der Waals surface area (Å²) >= 11 is 0. The van der Waals surface area contributed by atoms with Crippen molar-refractivity contribution in [2.24, 2.45) is 5.10 Å². The highest BCUT2D eigenvalue weighted by Crippen LogP contribution is 2.24. The standard InChI is InChI=1S/C25H22N4O7/c1-3-35-22-11-7-5-9-20(22)26-23(30)24(31)28-27-16(2)19-8-4-6-10-21(19)36-25(32)17-12-14-18(15-13-17)29(33)34/h4-15H,3H2,1-2H3,(H,26,30)(H,28,31)/b27-16+. The molecule has 36 heavy (non-hydrogen) atoms. The van der Waals surface area contributed by atoms with Gasteiger partial charge >= 0.3 is 17.8 Å². The van der Waals surface area contributed by atoms with E-state index >= 15 is 0 Å². The lowest BCUT2D eigenvalue weighted by molar-refractivity contribution is -0.384. The number of nitro groups is 1. The molecule has 11 nitrogen and oxygen atoms in total. The first-order chi connectivity index (χ1) is 17.3. The number of rotatable bonds is 8. The number of anilines is 1. The summed E-state index contributed by atoms with van der Waals surface area (Å²) < 4.78 is 10.8. The van der Waals surface area contributed by atoms with Crippen molar-refractivity contribution in [3.63, 3.8) is 0 Å². The normalized spacial score (nSPS) is 10.8. The molecule has 3 aromatic carbocycles. The van der Waals surface area contributed by atoms with E-state index < -0.39 is 22.7 Å². The predicted molar refractivity (Wildman–Crippen MR) is 131 cm³/mol. The van der Waals surface area contributed by atoms with Crippen LogP contribution in [0.3, 0.4) is 0 Å². The van der Waals surface area contributed by atoms with Gasteiger partial charge in [-0.25, -0.2) is 10.2 Å². The van der Waals surface area contributed by atoms with Crippen LogP contribution in [-0.2, 0) is 9.59 Å². The average molecular weight is 490 g/mol. The van der Waals surface area contributed by atoms with Gasteiger partial charge in [-0.2, -0.15) is 5.10 Å². The van der Waals surface area contributed by atoms with Crippen LogP contribution in [0.1, 0.15) is 29.8 Å². The molecule has 0 fully saturated rings. The molecule has 184 valence electrons. The van der Waals surface area contributed by atoms with Gasteiger partial charge in [-0.1, -0.05) is 24.3 Å². The monoisotopic (exact) mass is 490 g/mol. The molecular weight excluding hydrogens is 468 g/mol. The minimum absolute atomic E-state index is 0.113. The zero-order chi connectivity index (χ0) is 26.1. The predicted octanol–water partition coefficient (Wildman–Crippen LogP) is 3.69. The molecule has 0 unspecified atom stereocenters. The van der Waals surface area contributed by atoms with Crippen molar-refractivity contribution >= 4 is 34.9 Å². The largest absolute Gasteiger partial charge is 0.492 e. The molecule has 2 amide bonds. The summed E-state index contributed by atoms with van der Waals surface area (Å²) in [6, 6.07) is 18.1. The van der Waals surface area contributed by atoms with Crippen LogP contribution in [0, 0.1) is 10.1 Å². The summed E-state index contributed by atoms with van der Waals surface area (Å²) in [5, 5.41) is 17.2. The number of nitrogens with one attached hydrogen (secondary N) is 2. The topological polar surface area (TPSA) is 149 Å². The van der Waals surface area contributed by atoms with Crippen LogP contribution in [0.4, 0.5) is 11.4 Å². The quantitative estimate of drug-likeness (QED) is 0.122. The zero-order valence-corrected chi connectivity index (χ0v) is 19.4. The molecule has 0 aliphatic rings. The van der Waals surface area contributed by atoms with Crippen LogP contribution < -0.4 is 20.2 Å². The number of nitro benzene ring substituents is 1. The lowest BCUT2D eigenvalue weighted by Gasteiger charge is -2.11. The Morgan fingerprint density at radius 1 is 0.917 bits per heavy atom. The molecule has 3 aromatic rings. The van der Waals surface area contributed by atoms with Crippen LogP contribution in [-0.4, -0.2) is 35.0 Å². The van der Waals surface area contributed by atoms with Crippen molar-refractivity contribution in [1.29, 1.82) is 0 Å². The number of non-ortho nitro benzene ring substituents is 1. The fourth-order valence-electron chi connectivity index (χ4n) is 3.01. The Bertz CT molecular complexity index is 1320. The summed E-state index contributed by atoms with van der Waals surface area (Å²) in [4.78, 5) is 47.3. The van der Waals surface area contributed by atoms with E-state index in [0.29, 0.717) is 23.6 Å². The van der Waals surface area contributed by atoms with E-state index in [2.05, 4.69) is 15.8 Å². The Hall–Kier alpha value is -5.06. The third-order valence-corrected chi connectivity index (χ3v) is 4.76. The number of nitrogens with zero attached hydrogens (tertiary/aromatic N) is 2. The highest BCUT2D eigenvalue weighted by atomic mass is 16.6. The number of para-hydroxylation sites is 3. The van der Waals surface area contributed by atoms with Crippen molar-refractivity contribution in [1.82, 2.24) is 5.43 Å². The number of hydrazone groups is 1. The minimum Gasteiger partial charge on any atom is -0.492 e. The molecule has 0 radical (unpaired) electrons. The molecule has 0 heterocycles. The fraction of sp³-hybridized carbons (Fsp3) is 0.120. The van der Waals surface area contributed by atoms with Crippen LogP contribution in [0.2, 0.25) is 0 Å². The maximum Gasteiger partial charge on any atom is 0.343 e. The van der Waals surface area contributed by atoms with E-state index in [1.54, 1.807) is 56.3 Å². The molecule has 0 saturated heterocycles. The second-order valence-corrected chi connectivity index (χ2v) is 7.21. The van der Waals surface area contributed by atoms with Crippen LogP contribution in [0.5, 0.6) is 11.5 Å². The lowest BCUT2D eigenvalue weighted by Crippen LogP contribution is -2.33. The van der Waals surface area contributed by atoms with Gasteiger partial charge in [0, 0.05) is 17.7 Å². The summed E-state index contributed by atoms with van der Waals surface area (Å²) in [6.07, 6.45) is 0. The number of amides is 2. The van der Waals surface area contributed by atoms with Gasteiger partial charge in [-0.3, -0.25) is 19.7 Å². The number of hydrogen-bond acceptors (Lipinski definition) is 8. The molecule has 0 saturated carbocycles. The highest BCUT2D eigenvalue weighted by Gasteiger charge is 2.17. The average Bonchev–Trinajstić information content (AvgIpc) is 2.88. The summed E-state index contributed by atoms with van der Waals surface area (Å²) in [5.41, 5.74) is 3.11. The maximum atomic E-state index is 12.5.